The summed E-state index contributed by atoms with van der Waals surface area (Å²) < 4.78 is 6.50. The molecule has 1 N–H and O–H groups in total. The number of hydrogen-bond acceptors (Lipinski definition) is 6. The number of imidazole rings is 1. The molecule has 7 heteroatoms. The van der Waals surface area contributed by atoms with E-state index in [1.165, 1.54) is 13.4 Å². The maximum atomic E-state index is 12.0. The number of ether oxygens (including phenoxy) is 1. The molecular weight excluding hydrogens is 284 g/mol. The molecular formula is C15H22N4O3. The van der Waals surface area contributed by atoms with Crippen molar-refractivity contribution in [3.8, 4) is 0 Å². The lowest BCUT2D eigenvalue weighted by Gasteiger charge is -2.07. The van der Waals surface area contributed by atoms with Crippen molar-refractivity contribution in [2.75, 3.05) is 19.0 Å². The van der Waals surface area contributed by atoms with E-state index in [2.05, 4.69) is 20.0 Å². The molecule has 0 atom stereocenters. The largest absolute Gasteiger partial charge is 0.469 e. The van der Waals surface area contributed by atoms with Gasteiger partial charge < -0.3 is 14.6 Å². The number of ketones is 1. The predicted octanol–water partition coefficient (Wildman–Crippen LogP) is 2.03. The van der Waals surface area contributed by atoms with Crippen LogP contribution in [0.15, 0.2) is 11.3 Å². The first-order valence-corrected chi connectivity index (χ1v) is 7.62. The average molecular weight is 306 g/mol. The molecule has 2 heterocycles. The Morgan fingerprint density at radius 1 is 1.32 bits per heavy atom. The molecule has 0 amide bonds. The molecule has 0 radical (unpaired) electrons. The molecule has 0 saturated heterocycles. The monoisotopic (exact) mass is 306 g/mol. The Kier molecular flexibility index (Phi) is 6.12. The molecule has 120 valence electrons. The number of methoxy groups -OCH3 is 1. The average Bonchev–Trinajstić information content (AvgIpc) is 2.83. The SMILES string of the molecule is COC(=O)CCCCCCCn1cnc2c1C(=O)CN=CN2. The van der Waals surface area contributed by atoms with Crippen LogP contribution in [0.2, 0.25) is 0 Å². The number of nitrogens with zero attached hydrogens (tertiary/aromatic N) is 3. The number of aliphatic imine (C=N–C) groups is 1. The fourth-order valence-electron chi connectivity index (χ4n) is 2.44. The van der Waals surface area contributed by atoms with E-state index in [-0.39, 0.29) is 18.3 Å². The Bertz CT molecular complexity index is 551. The normalized spacial score (nSPS) is 13.4. The molecule has 1 aliphatic rings. The fraction of sp³-hybridized carbons (Fsp3) is 0.600. The molecule has 1 aromatic heterocycles. The summed E-state index contributed by atoms with van der Waals surface area (Å²) in [5, 5.41) is 2.92. The molecule has 0 saturated carbocycles. The highest BCUT2D eigenvalue weighted by Crippen LogP contribution is 2.17. The second-order valence-corrected chi connectivity index (χ2v) is 5.27. The van der Waals surface area contributed by atoms with Crippen LogP contribution in [0.1, 0.15) is 49.0 Å². The van der Waals surface area contributed by atoms with E-state index in [1.807, 2.05) is 4.57 Å². The fourth-order valence-corrected chi connectivity index (χ4v) is 2.44. The van der Waals surface area contributed by atoms with Crippen LogP contribution in [0.4, 0.5) is 5.82 Å². The number of fused-ring (bicyclic) bond motifs is 1. The number of nitrogens with one attached hydrogen (secondary N) is 1. The number of hydrogen-bond donors (Lipinski definition) is 1. The van der Waals surface area contributed by atoms with Crippen molar-refractivity contribution < 1.29 is 14.3 Å². The van der Waals surface area contributed by atoms with E-state index in [0.29, 0.717) is 17.9 Å². The van der Waals surface area contributed by atoms with Gasteiger partial charge in [-0.2, -0.15) is 0 Å². The van der Waals surface area contributed by atoms with Crippen molar-refractivity contribution in [2.45, 2.75) is 45.1 Å². The highest BCUT2D eigenvalue weighted by atomic mass is 16.5. The second-order valence-electron chi connectivity index (χ2n) is 5.27. The lowest BCUT2D eigenvalue weighted by molar-refractivity contribution is -0.140. The Morgan fingerprint density at radius 2 is 2.09 bits per heavy atom. The van der Waals surface area contributed by atoms with Crippen LogP contribution in [-0.2, 0) is 16.1 Å². The van der Waals surface area contributed by atoms with Crippen molar-refractivity contribution in [3.05, 3.63) is 12.0 Å². The standard InChI is InChI=1S/C15H22N4O3/c1-22-13(21)7-5-3-2-4-6-8-19-11-18-15-14(19)12(20)9-16-10-17-15/h10-11H,2-9H2,1H3,(H,16,17). The maximum absolute atomic E-state index is 12.0. The van der Waals surface area contributed by atoms with Crippen LogP contribution in [-0.4, -0.2) is 41.3 Å². The second kappa shape index (κ2) is 8.31. The van der Waals surface area contributed by atoms with E-state index in [0.717, 1.165) is 38.6 Å². The van der Waals surface area contributed by atoms with Gasteiger partial charge in [0.2, 0.25) is 5.78 Å². The molecule has 22 heavy (non-hydrogen) atoms. The molecule has 0 spiro atoms. The van der Waals surface area contributed by atoms with Gasteiger partial charge in [-0.05, 0) is 12.8 Å². The topological polar surface area (TPSA) is 85.6 Å². The zero-order valence-corrected chi connectivity index (χ0v) is 12.9. The van der Waals surface area contributed by atoms with Crippen LogP contribution in [0.3, 0.4) is 0 Å². The highest BCUT2D eigenvalue weighted by Gasteiger charge is 2.19. The number of carbonyl (C=O) groups is 2. The minimum atomic E-state index is -0.144. The summed E-state index contributed by atoms with van der Waals surface area (Å²) >= 11 is 0. The molecule has 0 aromatic carbocycles. The number of aromatic nitrogens is 2. The van der Waals surface area contributed by atoms with E-state index in [1.54, 1.807) is 6.33 Å². The number of carbonyl (C=O) groups excluding carboxylic acids is 2. The Hall–Kier alpha value is -2.18. The Morgan fingerprint density at radius 3 is 2.91 bits per heavy atom. The first kappa shape index (κ1) is 16.2. The molecule has 1 aromatic rings. The lowest BCUT2D eigenvalue weighted by Crippen LogP contribution is -2.11. The molecule has 0 aliphatic carbocycles. The van der Waals surface area contributed by atoms with Gasteiger partial charge in [-0.3, -0.25) is 14.6 Å². The summed E-state index contributed by atoms with van der Waals surface area (Å²) in [4.78, 5) is 31.1. The van der Waals surface area contributed by atoms with E-state index >= 15 is 0 Å². The minimum Gasteiger partial charge on any atom is -0.469 e. The number of esters is 1. The molecule has 0 fully saturated rings. The van der Waals surface area contributed by atoms with Crippen molar-refractivity contribution >= 4 is 23.9 Å². The summed E-state index contributed by atoms with van der Waals surface area (Å²) in [6, 6.07) is 0. The molecule has 1 aliphatic heterocycles. The third kappa shape index (κ3) is 4.41. The van der Waals surface area contributed by atoms with E-state index < -0.39 is 0 Å². The van der Waals surface area contributed by atoms with Crippen LogP contribution < -0.4 is 5.32 Å². The molecule has 0 unspecified atom stereocenters. The van der Waals surface area contributed by atoms with Crippen LogP contribution in [0.25, 0.3) is 0 Å². The lowest BCUT2D eigenvalue weighted by atomic mass is 10.1. The molecule has 0 bridgehead atoms. The van der Waals surface area contributed by atoms with Crippen molar-refractivity contribution in [2.24, 2.45) is 4.99 Å². The zero-order valence-electron chi connectivity index (χ0n) is 12.9. The number of anilines is 1. The van der Waals surface area contributed by atoms with Gasteiger partial charge >= 0.3 is 5.97 Å². The van der Waals surface area contributed by atoms with Crippen molar-refractivity contribution in [1.82, 2.24) is 9.55 Å². The summed E-state index contributed by atoms with van der Waals surface area (Å²) in [5.74, 6) is 0.436. The smallest absolute Gasteiger partial charge is 0.305 e. The van der Waals surface area contributed by atoms with Crippen LogP contribution in [0.5, 0.6) is 0 Å². The first-order chi connectivity index (χ1) is 10.7. The Balaban J connectivity index is 1.69. The highest BCUT2D eigenvalue weighted by molar-refractivity contribution is 6.04. The van der Waals surface area contributed by atoms with Crippen LogP contribution in [0, 0.1) is 0 Å². The maximum Gasteiger partial charge on any atom is 0.305 e. The van der Waals surface area contributed by atoms with Gasteiger partial charge in [0.15, 0.2) is 5.82 Å². The summed E-state index contributed by atoms with van der Waals surface area (Å²) in [5.41, 5.74) is 0.614. The number of unbranched alkanes of at least 4 members (excludes halogenated alkanes) is 4. The van der Waals surface area contributed by atoms with Gasteiger partial charge in [0.05, 0.1) is 19.8 Å². The zero-order chi connectivity index (χ0) is 15.8. The quantitative estimate of drug-likeness (QED) is 0.586. The van der Waals surface area contributed by atoms with Gasteiger partial charge in [-0.25, -0.2) is 4.98 Å². The third-order valence-corrected chi connectivity index (χ3v) is 3.64. The van der Waals surface area contributed by atoms with Gasteiger partial charge in [0.1, 0.15) is 12.2 Å². The molecule has 7 nitrogen and oxygen atoms in total. The number of aryl methyl sites for hydroxylation is 1. The van der Waals surface area contributed by atoms with Crippen LogP contribution >= 0.6 is 0 Å². The van der Waals surface area contributed by atoms with Gasteiger partial charge in [0, 0.05) is 13.0 Å². The minimum absolute atomic E-state index is 0.00757. The van der Waals surface area contributed by atoms with Crippen molar-refractivity contribution in [1.29, 1.82) is 0 Å². The molecule has 2 rings (SSSR count). The first-order valence-electron chi connectivity index (χ1n) is 7.62. The number of Topliss-reactive ketones (excluding diaryl/α,β-unsaturated/α-hetero) is 1. The van der Waals surface area contributed by atoms with Gasteiger partial charge in [-0.15, -0.1) is 0 Å². The summed E-state index contributed by atoms with van der Waals surface area (Å²) in [7, 11) is 1.41. The van der Waals surface area contributed by atoms with Gasteiger partial charge in [0.25, 0.3) is 0 Å². The predicted molar refractivity (Wildman–Crippen MR) is 83.3 cm³/mol. The third-order valence-electron chi connectivity index (χ3n) is 3.64. The number of rotatable bonds is 8. The van der Waals surface area contributed by atoms with E-state index in [4.69, 9.17) is 0 Å². The van der Waals surface area contributed by atoms with E-state index in [9.17, 15) is 9.59 Å². The summed E-state index contributed by atoms with van der Waals surface area (Å²) in [6.45, 7) is 0.936. The Labute approximate surface area is 129 Å². The van der Waals surface area contributed by atoms with Gasteiger partial charge in [-0.1, -0.05) is 19.3 Å². The summed E-state index contributed by atoms with van der Waals surface area (Å²) in [6.07, 6.45) is 8.71. The van der Waals surface area contributed by atoms with Crippen molar-refractivity contribution in [3.63, 3.8) is 0 Å².